The normalized spacial score (nSPS) is 12.2. The van der Waals surface area contributed by atoms with E-state index in [0.717, 1.165) is 22.1 Å². The highest BCUT2D eigenvalue weighted by Gasteiger charge is 2.12. The lowest BCUT2D eigenvalue weighted by molar-refractivity contribution is -0.143. The number of carbonyl (C=O) groups excluding carboxylic acids is 1. The van der Waals surface area contributed by atoms with E-state index in [1.807, 2.05) is 32.0 Å². The molecule has 0 amide bonds. The first-order valence-corrected chi connectivity index (χ1v) is 6.87. The molecule has 0 saturated carbocycles. The minimum Gasteiger partial charge on any atom is -0.497 e. The van der Waals surface area contributed by atoms with Crippen molar-refractivity contribution >= 4 is 16.7 Å². The van der Waals surface area contributed by atoms with Crippen LogP contribution in [-0.2, 0) is 9.53 Å². The number of ether oxygens (including phenoxy) is 2. The summed E-state index contributed by atoms with van der Waals surface area (Å²) in [5.41, 5.74) is 1.15. The van der Waals surface area contributed by atoms with E-state index in [-0.39, 0.29) is 11.9 Å². The molecule has 0 spiro atoms. The first-order chi connectivity index (χ1) is 9.63. The molecule has 0 aliphatic heterocycles. The molecule has 0 aromatic heterocycles. The van der Waals surface area contributed by atoms with E-state index in [1.165, 1.54) is 0 Å². The number of hydrogen-bond donors (Lipinski definition) is 0. The molecule has 20 heavy (non-hydrogen) atoms. The Hall–Kier alpha value is -2.03. The standard InChI is InChI=1S/C17H20O3/c1-4-20-17(18)9-12(2)13-5-6-15-11-16(19-3)8-7-14(15)10-13/h5-8,10-12H,4,9H2,1-3H3. The molecule has 2 rings (SSSR count). The molecular formula is C17H20O3. The highest BCUT2D eigenvalue weighted by atomic mass is 16.5. The van der Waals surface area contributed by atoms with Gasteiger partial charge in [0.1, 0.15) is 5.75 Å². The molecule has 0 aliphatic carbocycles. The molecule has 1 atom stereocenters. The van der Waals surface area contributed by atoms with Crippen molar-refractivity contribution in [3.05, 3.63) is 42.0 Å². The summed E-state index contributed by atoms with van der Waals surface area (Å²) in [7, 11) is 1.66. The number of benzene rings is 2. The summed E-state index contributed by atoms with van der Waals surface area (Å²) >= 11 is 0. The Labute approximate surface area is 119 Å². The van der Waals surface area contributed by atoms with Crippen molar-refractivity contribution in [3.63, 3.8) is 0 Å². The van der Waals surface area contributed by atoms with Crippen molar-refractivity contribution in [2.45, 2.75) is 26.2 Å². The van der Waals surface area contributed by atoms with Crippen molar-refractivity contribution in [2.75, 3.05) is 13.7 Å². The third-order valence-corrected chi connectivity index (χ3v) is 3.42. The van der Waals surface area contributed by atoms with Crippen LogP contribution in [0.25, 0.3) is 10.8 Å². The number of carbonyl (C=O) groups is 1. The topological polar surface area (TPSA) is 35.5 Å². The SMILES string of the molecule is CCOC(=O)CC(C)c1ccc2cc(OC)ccc2c1. The number of fused-ring (bicyclic) bond motifs is 1. The summed E-state index contributed by atoms with van der Waals surface area (Å²) in [6, 6.07) is 12.2. The van der Waals surface area contributed by atoms with Crippen molar-refractivity contribution in [3.8, 4) is 5.75 Å². The summed E-state index contributed by atoms with van der Waals surface area (Å²) in [4.78, 5) is 11.5. The lowest BCUT2D eigenvalue weighted by Gasteiger charge is -2.12. The Kier molecular flexibility index (Phi) is 4.61. The molecule has 1 unspecified atom stereocenters. The predicted molar refractivity (Wildman–Crippen MR) is 80.2 cm³/mol. The Morgan fingerprint density at radius 1 is 1.15 bits per heavy atom. The second-order valence-electron chi connectivity index (χ2n) is 4.88. The Morgan fingerprint density at radius 2 is 1.85 bits per heavy atom. The molecule has 0 aliphatic rings. The zero-order valence-electron chi connectivity index (χ0n) is 12.2. The van der Waals surface area contributed by atoms with Crippen LogP contribution in [0.15, 0.2) is 36.4 Å². The second-order valence-corrected chi connectivity index (χ2v) is 4.88. The molecule has 3 nitrogen and oxygen atoms in total. The van der Waals surface area contributed by atoms with E-state index in [2.05, 4.69) is 18.2 Å². The smallest absolute Gasteiger partial charge is 0.306 e. The van der Waals surface area contributed by atoms with Crippen LogP contribution >= 0.6 is 0 Å². The van der Waals surface area contributed by atoms with Gasteiger partial charge in [0.15, 0.2) is 0 Å². The van der Waals surface area contributed by atoms with Crippen LogP contribution in [-0.4, -0.2) is 19.7 Å². The fourth-order valence-corrected chi connectivity index (χ4v) is 2.26. The van der Waals surface area contributed by atoms with Gasteiger partial charge in [-0.25, -0.2) is 0 Å². The fourth-order valence-electron chi connectivity index (χ4n) is 2.26. The summed E-state index contributed by atoms with van der Waals surface area (Å²) in [5, 5.41) is 2.29. The molecule has 0 N–H and O–H groups in total. The van der Waals surface area contributed by atoms with Crippen molar-refractivity contribution < 1.29 is 14.3 Å². The Balaban J connectivity index is 2.20. The molecule has 0 heterocycles. The number of methoxy groups -OCH3 is 1. The summed E-state index contributed by atoms with van der Waals surface area (Å²) < 4.78 is 10.2. The summed E-state index contributed by atoms with van der Waals surface area (Å²) in [6.45, 7) is 4.30. The third-order valence-electron chi connectivity index (χ3n) is 3.42. The second kappa shape index (κ2) is 6.42. The Bertz CT molecular complexity index is 604. The van der Waals surface area contributed by atoms with Gasteiger partial charge in [0.05, 0.1) is 20.1 Å². The fraction of sp³-hybridized carbons (Fsp3) is 0.353. The lowest BCUT2D eigenvalue weighted by Crippen LogP contribution is -2.08. The summed E-state index contributed by atoms with van der Waals surface area (Å²) in [6.07, 6.45) is 0.412. The lowest BCUT2D eigenvalue weighted by atomic mass is 9.95. The van der Waals surface area contributed by atoms with Crippen LogP contribution in [0, 0.1) is 0 Å². The number of rotatable bonds is 5. The largest absolute Gasteiger partial charge is 0.497 e. The zero-order chi connectivity index (χ0) is 14.5. The average molecular weight is 272 g/mol. The van der Waals surface area contributed by atoms with E-state index < -0.39 is 0 Å². The molecule has 0 radical (unpaired) electrons. The number of hydrogen-bond acceptors (Lipinski definition) is 3. The summed E-state index contributed by atoms with van der Waals surface area (Å²) in [5.74, 6) is 0.861. The minimum absolute atomic E-state index is 0.144. The predicted octanol–water partition coefficient (Wildman–Crippen LogP) is 3.91. The zero-order valence-corrected chi connectivity index (χ0v) is 12.2. The average Bonchev–Trinajstić information content (AvgIpc) is 2.46. The van der Waals surface area contributed by atoms with E-state index in [4.69, 9.17) is 9.47 Å². The van der Waals surface area contributed by atoms with Gasteiger partial charge < -0.3 is 9.47 Å². The van der Waals surface area contributed by atoms with Gasteiger partial charge >= 0.3 is 5.97 Å². The van der Waals surface area contributed by atoms with Gasteiger partial charge in [-0.15, -0.1) is 0 Å². The van der Waals surface area contributed by atoms with E-state index in [0.29, 0.717) is 13.0 Å². The van der Waals surface area contributed by atoms with E-state index in [9.17, 15) is 4.79 Å². The maximum Gasteiger partial charge on any atom is 0.306 e. The molecule has 0 saturated heterocycles. The maximum absolute atomic E-state index is 11.5. The molecule has 106 valence electrons. The van der Waals surface area contributed by atoms with Gasteiger partial charge in [0.25, 0.3) is 0 Å². The molecule has 3 heteroatoms. The van der Waals surface area contributed by atoms with E-state index in [1.54, 1.807) is 7.11 Å². The highest BCUT2D eigenvalue weighted by molar-refractivity contribution is 5.84. The Morgan fingerprint density at radius 3 is 2.55 bits per heavy atom. The van der Waals surface area contributed by atoms with Crippen LogP contribution < -0.4 is 4.74 Å². The molecular weight excluding hydrogens is 252 g/mol. The van der Waals surface area contributed by atoms with Gasteiger partial charge in [0.2, 0.25) is 0 Å². The van der Waals surface area contributed by atoms with Crippen molar-refractivity contribution in [2.24, 2.45) is 0 Å². The third kappa shape index (κ3) is 3.29. The van der Waals surface area contributed by atoms with E-state index >= 15 is 0 Å². The van der Waals surface area contributed by atoms with Crippen LogP contribution in [0.1, 0.15) is 31.7 Å². The van der Waals surface area contributed by atoms with Gasteiger partial charge in [-0.1, -0.05) is 31.2 Å². The monoisotopic (exact) mass is 272 g/mol. The first kappa shape index (κ1) is 14.4. The quantitative estimate of drug-likeness (QED) is 0.774. The van der Waals surface area contributed by atoms with Crippen LogP contribution in [0.5, 0.6) is 5.75 Å². The number of esters is 1. The molecule has 2 aromatic rings. The van der Waals surface area contributed by atoms with Gasteiger partial charge in [-0.3, -0.25) is 4.79 Å². The van der Waals surface area contributed by atoms with Gasteiger partial charge in [-0.2, -0.15) is 0 Å². The molecule has 0 fully saturated rings. The highest BCUT2D eigenvalue weighted by Crippen LogP contribution is 2.26. The van der Waals surface area contributed by atoms with Crippen LogP contribution in [0.3, 0.4) is 0 Å². The van der Waals surface area contributed by atoms with Crippen LogP contribution in [0.4, 0.5) is 0 Å². The van der Waals surface area contributed by atoms with Gasteiger partial charge in [-0.05, 0) is 41.3 Å². The van der Waals surface area contributed by atoms with Crippen molar-refractivity contribution in [1.29, 1.82) is 0 Å². The first-order valence-electron chi connectivity index (χ1n) is 6.87. The van der Waals surface area contributed by atoms with Crippen LogP contribution in [0.2, 0.25) is 0 Å². The molecule has 2 aromatic carbocycles. The van der Waals surface area contributed by atoms with Gasteiger partial charge in [0, 0.05) is 0 Å². The van der Waals surface area contributed by atoms with Crippen molar-refractivity contribution in [1.82, 2.24) is 0 Å². The minimum atomic E-state index is -0.144. The maximum atomic E-state index is 11.5. The molecule has 0 bridgehead atoms.